The number of hydrogen-bond donors (Lipinski definition) is 1. The van der Waals surface area contributed by atoms with Crippen LogP contribution in [0.1, 0.15) is 0 Å². The van der Waals surface area contributed by atoms with Crippen molar-refractivity contribution in [3.63, 3.8) is 0 Å². The molecule has 0 spiro atoms. The largest absolute Gasteiger partial charge is 0.350 e. The second-order valence-electron chi connectivity index (χ2n) is 2.30. The Kier molecular flexibility index (Phi) is 1.58. The third kappa shape index (κ3) is 1.13. The van der Waals surface area contributed by atoms with Gasteiger partial charge in [0.15, 0.2) is 0 Å². The van der Waals surface area contributed by atoms with Crippen molar-refractivity contribution < 1.29 is 0 Å². The highest BCUT2D eigenvalue weighted by molar-refractivity contribution is 5.12. The maximum absolute atomic E-state index is 3.85. The van der Waals surface area contributed by atoms with E-state index in [9.17, 15) is 0 Å². The second-order valence-corrected chi connectivity index (χ2v) is 2.30. The van der Waals surface area contributed by atoms with Crippen LogP contribution in [0.2, 0.25) is 0 Å². The second kappa shape index (κ2) is 2.23. The van der Waals surface area contributed by atoms with Gasteiger partial charge in [0.25, 0.3) is 0 Å². The topological polar surface area (TPSA) is 15.3 Å². The van der Waals surface area contributed by atoms with Gasteiger partial charge in [0, 0.05) is 31.5 Å². The Morgan fingerprint density at radius 2 is 1.78 bits per heavy atom. The van der Waals surface area contributed by atoms with Crippen LogP contribution in [0.3, 0.4) is 0 Å². The SMILES string of the molecule is C=C1CNCC(=C)N1C. The molecule has 1 N–H and O–H groups in total. The first-order valence-corrected chi connectivity index (χ1v) is 3.02. The Balaban J connectivity index is 2.62. The summed E-state index contributed by atoms with van der Waals surface area (Å²) in [7, 11) is 1.99. The third-order valence-corrected chi connectivity index (χ3v) is 1.61. The van der Waals surface area contributed by atoms with Crippen LogP contribution in [-0.4, -0.2) is 25.0 Å². The summed E-state index contributed by atoms with van der Waals surface area (Å²) in [6.45, 7) is 9.47. The maximum atomic E-state index is 3.85. The average molecular weight is 124 g/mol. The van der Waals surface area contributed by atoms with E-state index in [-0.39, 0.29) is 0 Å². The molecule has 0 bridgehead atoms. The van der Waals surface area contributed by atoms with Crippen LogP contribution in [0, 0.1) is 0 Å². The molecule has 0 aromatic rings. The minimum atomic E-state index is 0.884. The van der Waals surface area contributed by atoms with Gasteiger partial charge < -0.3 is 10.2 Å². The van der Waals surface area contributed by atoms with E-state index in [1.54, 1.807) is 0 Å². The van der Waals surface area contributed by atoms with Gasteiger partial charge in [-0.05, 0) is 0 Å². The lowest BCUT2D eigenvalue weighted by Gasteiger charge is -2.29. The molecule has 1 heterocycles. The van der Waals surface area contributed by atoms with Gasteiger partial charge in [0.05, 0.1) is 0 Å². The molecule has 0 amide bonds. The van der Waals surface area contributed by atoms with Crippen molar-refractivity contribution in [2.75, 3.05) is 20.1 Å². The monoisotopic (exact) mass is 124 g/mol. The predicted molar refractivity (Wildman–Crippen MR) is 38.9 cm³/mol. The zero-order valence-corrected chi connectivity index (χ0v) is 5.78. The predicted octanol–water partition coefficient (Wildman–Crippen LogP) is 0.549. The molecule has 2 heteroatoms. The minimum absolute atomic E-state index is 0.884. The quantitative estimate of drug-likeness (QED) is 0.507. The van der Waals surface area contributed by atoms with Crippen LogP contribution in [-0.2, 0) is 0 Å². The fraction of sp³-hybridized carbons (Fsp3) is 0.429. The van der Waals surface area contributed by atoms with E-state index in [1.807, 2.05) is 11.9 Å². The summed E-state index contributed by atoms with van der Waals surface area (Å²) in [6.07, 6.45) is 0. The van der Waals surface area contributed by atoms with Crippen molar-refractivity contribution in [2.45, 2.75) is 0 Å². The van der Waals surface area contributed by atoms with Crippen molar-refractivity contribution in [3.05, 3.63) is 24.6 Å². The highest BCUT2D eigenvalue weighted by Crippen LogP contribution is 2.08. The van der Waals surface area contributed by atoms with Crippen molar-refractivity contribution >= 4 is 0 Å². The number of nitrogens with one attached hydrogen (secondary N) is 1. The van der Waals surface area contributed by atoms with Crippen LogP contribution in [0.5, 0.6) is 0 Å². The van der Waals surface area contributed by atoms with Crippen molar-refractivity contribution in [1.82, 2.24) is 10.2 Å². The molecule has 9 heavy (non-hydrogen) atoms. The van der Waals surface area contributed by atoms with Crippen molar-refractivity contribution in [3.8, 4) is 0 Å². The molecule has 50 valence electrons. The Morgan fingerprint density at radius 1 is 1.33 bits per heavy atom. The molecule has 0 radical (unpaired) electrons. The van der Waals surface area contributed by atoms with Gasteiger partial charge in [0.1, 0.15) is 0 Å². The summed E-state index contributed by atoms with van der Waals surface area (Å²) >= 11 is 0. The number of rotatable bonds is 0. The van der Waals surface area contributed by atoms with Gasteiger partial charge >= 0.3 is 0 Å². The standard InChI is InChI=1S/C7H12N2/c1-6-4-8-5-7(2)9(6)3/h8H,1-2,4-5H2,3H3. The molecular weight excluding hydrogens is 112 g/mol. The molecule has 1 saturated heterocycles. The zero-order valence-electron chi connectivity index (χ0n) is 5.78. The fourth-order valence-electron chi connectivity index (χ4n) is 0.812. The van der Waals surface area contributed by atoms with Gasteiger partial charge in [0.2, 0.25) is 0 Å². The first-order valence-electron chi connectivity index (χ1n) is 3.02. The summed E-state index contributed by atoms with van der Waals surface area (Å²) in [5.41, 5.74) is 2.18. The number of nitrogens with zero attached hydrogens (tertiary/aromatic N) is 1. The fourth-order valence-corrected chi connectivity index (χ4v) is 0.812. The molecule has 0 unspecified atom stereocenters. The highest BCUT2D eigenvalue weighted by Gasteiger charge is 2.10. The smallest absolute Gasteiger partial charge is 0.0356 e. The zero-order chi connectivity index (χ0) is 6.85. The van der Waals surface area contributed by atoms with E-state index in [1.165, 1.54) is 0 Å². The summed E-state index contributed by atoms with van der Waals surface area (Å²) in [5.74, 6) is 0. The molecule has 1 rings (SSSR count). The Hall–Kier alpha value is -0.760. The molecule has 0 atom stereocenters. The summed E-state index contributed by atoms with van der Waals surface area (Å²) in [5, 5.41) is 3.17. The number of likely N-dealkylation sites (N-methyl/N-ethyl adjacent to an activating group) is 1. The minimum Gasteiger partial charge on any atom is -0.350 e. The number of piperazine rings is 1. The van der Waals surface area contributed by atoms with Crippen molar-refractivity contribution in [1.29, 1.82) is 0 Å². The molecule has 0 aromatic heterocycles. The first kappa shape index (κ1) is 6.36. The van der Waals surface area contributed by atoms with E-state index in [0.717, 1.165) is 24.5 Å². The Bertz CT molecular complexity index is 133. The van der Waals surface area contributed by atoms with Crippen LogP contribution in [0.25, 0.3) is 0 Å². The lowest BCUT2D eigenvalue weighted by atomic mass is 10.3. The van der Waals surface area contributed by atoms with Crippen LogP contribution in [0.4, 0.5) is 0 Å². The van der Waals surface area contributed by atoms with E-state index in [2.05, 4.69) is 18.5 Å². The summed E-state index contributed by atoms with van der Waals surface area (Å²) < 4.78 is 0. The van der Waals surface area contributed by atoms with Gasteiger partial charge in [-0.15, -0.1) is 0 Å². The highest BCUT2D eigenvalue weighted by atomic mass is 15.2. The third-order valence-electron chi connectivity index (χ3n) is 1.61. The van der Waals surface area contributed by atoms with Gasteiger partial charge in [-0.2, -0.15) is 0 Å². The van der Waals surface area contributed by atoms with Crippen LogP contribution in [0.15, 0.2) is 24.6 Å². The normalized spacial score (nSPS) is 20.8. The molecule has 0 saturated carbocycles. The molecule has 0 aromatic carbocycles. The molecule has 0 aliphatic carbocycles. The molecule has 1 aliphatic rings. The van der Waals surface area contributed by atoms with Gasteiger partial charge in [-0.25, -0.2) is 0 Å². The molecule has 1 aliphatic heterocycles. The average Bonchev–Trinajstić information content (AvgIpc) is 1.83. The van der Waals surface area contributed by atoms with Gasteiger partial charge in [-0.1, -0.05) is 13.2 Å². The summed E-state index contributed by atoms with van der Waals surface area (Å²) in [6, 6.07) is 0. The van der Waals surface area contributed by atoms with E-state index >= 15 is 0 Å². The molecule has 2 nitrogen and oxygen atoms in total. The Labute approximate surface area is 55.9 Å². The lowest BCUT2D eigenvalue weighted by Crippen LogP contribution is -2.36. The van der Waals surface area contributed by atoms with E-state index in [0.29, 0.717) is 0 Å². The van der Waals surface area contributed by atoms with Crippen molar-refractivity contribution in [2.24, 2.45) is 0 Å². The van der Waals surface area contributed by atoms with E-state index in [4.69, 9.17) is 0 Å². The Morgan fingerprint density at radius 3 is 2.11 bits per heavy atom. The maximum Gasteiger partial charge on any atom is 0.0356 e. The lowest BCUT2D eigenvalue weighted by molar-refractivity contribution is 0.437. The molecular formula is C7H12N2. The number of hydrogen-bond acceptors (Lipinski definition) is 2. The first-order chi connectivity index (χ1) is 4.22. The van der Waals surface area contributed by atoms with E-state index < -0.39 is 0 Å². The van der Waals surface area contributed by atoms with Crippen LogP contribution < -0.4 is 5.32 Å². The summed E-state index contributed by atoms with van der Waals surface area (Å²) in [4.78, 5) is 2.02. The van der Waals surface area contributed by atoms with Crippen LogP contribution >= 0.6 is 0 Å². The molecule has 1 fully saturated rings. The van der Waals surface area contributed by atoms with Gasteiger partial charge in [-0.3, -0.25) is 0 Å².